The Morgan fingerprint density at radius 3 is 2.21 bits per heavy atom. The van der Waals surface area contributed by atoms with Crippen LogP contribution >= 0.6 is 0 Å². The monoisotopic (exact) mass is 406 g/mol. The first-order valence-electron chi connectivity index (χ1n) is 8.72. The third-order valence-corrected chi connectivity index (χ3v) is 5.74. The zero-order chi connectivity index (χ0) is 20.3. The van der Waals surface area contributed by atoms with Gasteiger partial charge in [-0.25, -0.2) is 4.79 Å². The molecule has 1 aliphatic rings. The van der Waals surface area contributed by atoms with E-state index in [2.05, 4.69) is 0 Å². The van der Waals surface area contributed by atoms with E-state index in [1.54, 1.807) is 28.0 Å². The molecule has 2 aromatic carbocycles. The highest BCUT2D eigenvalue weighted by molar-refractivity contribution is 7.87. The van der Waals surface area contributed by atoms with E-state index in [9.17, 15) is 13.2 Å². The van der Waals surface area contributed by atoms with E-state index < -0.39 is 10.1 Å². The lowest BCUT2D eigenvalue weighted by Gasteiger charge is -2.17. The average molecular weight is 406 g/mol. The summed E-state index contributed by atoms with van der Waals surface area (Å²) in [5, 5.41) is 0. The van der Waals surface area contributed by atoms with Crippen LogP contribution in [-0.4, -0.2) is 53.2 Å². The molecule has 0 radical (unpaired) electrons. The zero-order valence-electron chi connectivity index (χ0n) is 15.9. The maximum Gasteiger partial charge on any atom is 0.339 e. The van der Waals surface area contributed by atoms with Crippen molar-refractivity contribution in [1.82, 2.24) is 4.90 Å². The van der Waals surface area contributed by atoms with Gasteiger partial charge in [-0.3, -0.25) is 4.90 Å². The molecule has 1 fully saturated rings. The Hall–Kier alpha value is -2.94. The molecule has 0 aliphatic carbocycles. The number of anilines is 1. The van der Waals surface area contributed by atoms with Gasteiger partial charge in [0.2, 0.25) is 0 Å². The van der Waals surface area contributed by atoms with Crippen LogP contribution in [0.5, 0.6) is 17.2 Å². The summed E-state index contributed by atoms with van der Waals surface area (Å²) in [5.74, 6) is 0.932. The minimum atomic E-state index is -4.04. The fraction of sp³-hybridized carbons (Fsp3) is 0.316. The number of rotatable bonds is 7. The molecule has 1 aliphatic heterocycles. The van der Waals surface area contributed by atoms with Gasteiger partial charge in [0.25, 0.3) is 0 Å². The Morgan fingerprint density at radius 1 is 0.964 bits per heavy atom. The molecule has 0 bridgehead atoms. The first-order valence-corrected chi connectivity index (χ1v) is 10.1. The molecule has 2 amide bonds. The van der Waals surface area contributed by atoms with E-state index in [1.165, 1.54) is 38.5 Å². The van der Waals surface area contributed by atoms with Crippen molar-refractivity contribution in [2.45, 2.75) is 11.8 Å². The van der Waals surface area contributed by atoms with Gasteiger partial charge in [0.15, 0.2) is 11.5 Å². The molecule has 0 aromatic heterocycles. The molecule has 0 saturated carbocycles. The minimum absolute atomic E-state index is 0.00923. The predicted molar refractivity (Wildman–Crippen MR) is 104 cm³/mol. The van der Waals surface area contributed by atoms with Gasteiger partial charge in [0, 0.05) is 31.4 Å². The molecular formula is C19H22N2O6S. The molecule has 1 saturated heterocycles. The van der Waals surface area contributed by atoms with Gasteiger partial charge in [0.05, 0.1) is 14.2 Å². The Morgan fingerprint density at radius 2 is 1.64 bits per heavy atom. The molecular weight excluding hydrogens is 384 g/mol. The second-order valence-electron chi connectivity index (χ2n) is 6.06. The van der Waals surface area contributed by atoms with Crippen molar-refractivity contribution >= 4 is 21.8 Å². The Bertz CT molecular complexity index is 959. The third-order valence-electron chi connectivity index (χ3n) is 4.47. The van der Waals surface area contributed by atoms with Crippen molar-refractivity contribution < 1.29 is 26.9 Å². The number of carbonyl (C=O) groups is 1. The number of benzene rings is 2. The van der Waals surface area contributed by atoms with Crippen LogP contribution in [0.25, 0.3) is 0 Å². The lowest BCUT2D eigenvalue weighted by atomic mass is 10.3. The van der Waals surface area contributed by atoms with E-state index in [4.69, 9.17) is 13.7 Å². The highest BCUT2D eigenvalue weighted by Crippen LogP contribution is 2.32. The van der Waals surface area contributed by atoms with Gasteiger partial charge in [-0.1, -0.05) is 0 Å². The van der Waals surface area contributed by atoms with Crippen LogP contribution in [0.15, 0.2) is 47.4 Å². The lowest BCUT2D eigenvalue weighted by molar-refractivity contribution is 0.223. The van der Waals surface area contributed by atoms with Crippen molar-refractivity contribution in [2.24, 2.45) is 0 Å². The van der Waals surface area contributed by atoms with E-state index in [1.807, 2.05) is 6.92 Å². The molecule has 0 spiro atoms. The summed E-state index contributed by atoms with van der Waals surface area (Å²) in [7, 11) is -1.10. The molecule has 9 heteroatoms. The van der Waals surface area contributed by atoms with Gasteiger partial charge < -0.3 is 18.6 Å². The first-order chi connectivity index (χ1) is 13.4. The van der Waals surface area contributed by atoms with E-state index in [0.29, 0.717) is 36.8 Å². The molecule has 150 valence electrons. The topological polar surface area (TPSA) is 85.4 Å². The number of carbonyl (C=O) groups excluding carboxylic acids is 1. The summed E-state index contributed by atoms with van der Waals surface area (Å²) >= 11 is 0. The summed E-state index contributed by atoms with van der Waals surface area (Å²) in [6.45, 7) is 3.78. The summed E-state index contributed by atoms with van der Waals surface area (Å²) in [4.78, 5) is 15.6. The van der Waals surface area contributed by atoms with Crippen LogP contribution < -0.4 is 18.6 Å². The van der Waals surface area contributed by atoms with Crippen molar-refractivity contribution in [3.8, 4) is 17.2 Å². The standard InChI is InChI=1S/C19H22N2O6S/c1-4-20-11-12-21(19(20)22)14-5-8-16(9-6-14)28(23,24)27-15-7-10-17(25-2)18(13-15)26-3/h5-10,13H,4,11-12H2,1-3H3. The molecule has 8 nitrogen and oxygen atoms in total. The largest absolute Gasteiger partial charge is 0.493 e. The van der Waals surface area contributed by atoms with Crippen LogP contribution in [-0.2, 0) is 10.1 Å². The van der Waals surface area contributed by atoms with Crippen molar-refractivity contribution in [3.63, 3.8) is 0 Å². The Labute approximate surface area is 164 Å². The SMILES string of the molecule is CCN1CCN(c2ccc(S(=O)(=O)Oc3ccc(OC)c(OC)c3)cc2)C1=O. The van der Waals surface area contributed by atoms with Crippen molar-refractivity contribution in [2.75, 3.05) is 38.8 Å². The number of methoxy groups -OCH3 is 2. The number of hydrogen-bond acceptors (Lipinski definition) is 6. The fourth-order valence-corrected chi connectivity index (χ4v) is 3.87. The maximum absolute atomic E-state index is 12.6. The van der Waals surface area contributed by atoms with Crippen LogP contribution in [0.1, 0.15) is 6.92 Å². The number of urea groups is 1. The van der Waals surface area contributed by atoms with Gasteiger partial charge in [0.1, 0.15) is 10.6 Å². The van der Waals surface area contributed by atoms with E-state index in [-0.39, 0.29) is 16.7 Å². The predicted octanol–water partition coefficient (Wildman–Crippen LogP) is 2.73. The van der Waals surface area contributed by atoms with Crippen LogP contribution in [0.2, 0.25) is 0 Å². The molecule has 2 aromatic rings. The number of likely N-dealkylation sites (N-methyl/N-ethyl adjacent to an activating group) is 1. The normalized spacial score (nSPS) is 14.3. The van der Waals surface area contributed by atoms with Gasteiger partial charge in [-0.05, 0) is 43.3 Å². The molecule has 28 heavy (non-hydrogen) atoms. The lowest BCUT2D eigenvalue weighted by Crippen LogP contribution is -2.31. The first kappa shape index (κ1) is 19.8. The third kappa shape index (κ3) is 3.84. The maximum atomic E-state index is 12.6. The van der Waals surface area contributed by atoms with Crippen LogP contribution in [0, 0.1) is 0 Å². The molecule has 1 heterocycles. The Kier molecular flexibility index (Phi) is 5.64. The van der Waals surface area contributed by atoms with Gasteiger partial charge >= 0.3 is 16.1 Å². The zero-order valence-corrected chi connectivity index (χ0v) is 16.7. The smallest absolute Gasteiger partial charge is 0.339 e. The summed E-state index contributed by atoms with van der Waals surface area (Å²) < 4.78 is 40.6. The number of nitrogens with zero attached hydrogens (tertiary/aromatic N) is 2. The summed E-state index contributed by atoms with van der Waals surface area (Å²) in [5.41, 5.74) is 0.644. The summed E-state index contributed by atoms with van der Waals surface area (Å²) in [6, 6.07) is 10.4. The van der Waals surface area contributed by atoms with E-state index >= 15 is 0 Å². The van der Waals surface area contributed by atoms with E-state index in [0.717, 1.165) is 0 Å². The molecule has 0 N–H and O–H groups in total. The molecule has 0 atom stereocenters. The average Bonchev–Trinajstić information content (AvgIpc) is 3.08. The molecule has 0 unspecified atom stereocenters. The fourth-order valence-electron chi connectivity index (χ4n) is 2.95. The number of ether oxygens (including phenoxy) is 2. The minimum Gasteiger partial charge on any atom is -0.493 e. The van der Waals surface area contributed by atoms with Crippen molar-refractivity contribution in [1.29, 1.82) is 0 Å². The Balaban J connectivity index is 1.78. The number of amides is 2. The molecule has 3 rings (SSSR count). The number of hydrogen-bond donors (Lipinski definition) is 0. The van der Waals surface area contributed by atoms with Crippen molar-refractivity contribution in [3.05, 3.63) is 42.5 Å². The second-order valence-corrected chi connectivity index (χ2v) is 7.61. The van der Waals surface area contributed by atoms with Crippen LogP contribution in [0.3, 0.4) is 0 Å². The second kappa shape index (κ2) is 7.97. The quantitative estimate of drug-likeness (QED) is 0.658. The van der Waals surface area contributed by atoms with Gasteiger partial charge in [-0.2, -0.15) is 8.42 Å². The summed E-state index contributed by atoms with van der Waals surface area (Å²) in [6.07, 6.45) is 0. The highest BCUT2D eigenvalue weighted by atomic mass is 32.2. The van der Waals surface area contributed by atoms with Gasteiger partial charge in [-0.15, -0.1) is 0 Å². The van der Waals surface area contributed by atoms with Crippen LogP contribution in [0.4, 0.5) is 10.5 Å². The highest BCUT2D eigenvalue weighted by Gasteiger charge is 2.28.